The number of halogens is 2. The van der Waals surface area contributed by atoms with Gasteiger partial charge in [-0.25, -0.2) is 8.78 Å². The average Bonchev–Trinajstić information content (AvgIpc) is 2.38. The van der Waals surface area contributed by atoms with E-state index in [-0.39, 0.29) is 24.3 Å². The predicted molar refractivity (Wildman–Crippen MR) is 68.7 cm³/mol. The van der Waals surface area contributed by atoms with Crippen LogP contribution in [-0.4, -0.2) is 37.6 Å². The highest BCUT2D eigenvalue weighted by molar-refractivity contribution is 5.95. The van der Waals surface area contributed by atoms with Gasteiger partial charge in [0.15, 0.2) is 0 Å². The molecule has 0 radical (unpaired) electrons. The number of anilines is 1. The zero-order valence-corrected chi connectivity index (χ0v) is 10.7. The zero-order valence-electron chi connectivity index (χ0n) is 10.7. The van der Waals surface area contributed by atoms with E-state index in [1.165, 1.54) is 18.1 Å². The Morgan fingerprint density at radius 3 is 2.74 bits per heavy atom. The molecule has 6 heteroatoms. The van der Waals surface area contributed by atoms with Crippen LogP contribution in [0, 0.1) is 11.6 Å². The van der Waals surface area contributed by atoms with E-state index in [2.05, 4.69) is 6.58 Å². The lowest BCUT2D eigenvalue weighted by Crippen LogP contribution is -2.34. The van der Waals surface area contributed by atoms with Crippen molar-refractivity contribution >= 4 is 11.6 Å². The van der Waals surface area contributed by atoms with Crippen LogP contribution >= 0.6 is 0 Å². The van der Waals surface area contributed by atoms with Gasteiger partial charge in [0.25, 0.3) is 5.91 Å². The molecular weight excluding hydrogens is 254 g/mol. The highest BCUT2D eigenvalue weighted by Crippen LogP contribution is 2.18. The summed E-state index contributed by atoms with van der Waals surface area (Å²) in [5.41, 5.74) is 4.81. The topological polar surface area (TPSA) is 55.6 Å². The van der Waals surface area contributed by atoms with Gasteiger partial charge in [0, 0.05) is 26.3 Å². The minimum Gasteiger partial charge on any atom is -0.396 e. The van der Waals surface area contributed by atoms with Gasteiger partial charge in [0.05, 0.1) is 17.9 Å². The zero-order chi connectivity index (χ0) is 14.4. The summed E-state index contributed by atoms with van der Waals surface area (Å²) in [5, 5.41) is 0. The quantitative estimate of drug-likeness (QED) is 0.633. The molecule has 0 aliphatic rings. The van der Waals surface area contributed by atoms with Crippen LogP contribution < -0.4 is 5.73 Å². The molecule has 4 nitrogen and oxygen atoms in total. The summed E-state index contributed by atoms with van der Waals surface area (Å²) >= 11 is 0. The van der Waals surface area contributed by atoms with Crippen LogP contribution in [0.5, 0.6) is 0 Å². The van der Waals surface area contributed by atoms with Gasteiger partial charge in [0.2, 0.25) is 0 Å². The molecular formula is C13H16F2N2O2. The summed E-state index contributed by atoms with van der Waals surface area (Å²) in [4.78, 5) is 13.5. The molecule has 0 saturated heterocycles. The second kappa shape index (κ2) is 6.84. The van der Waals surface area contributed by atoms with Gasteiger partial charge in [-0.05, 0) is 6.07 Å². The molecule has 0 bridgehead atoms. The maximum absolute atomic E-state index is 13.6. The van der Waals surface area contributed by atoms with Crippen molar-refractivity contribution in [1.82, 2.24) is 4.90 Å². The molecule has 2 N–H and O–H groups in total. The summed E-state index contributed by atoms with van der Waals surface area (Å²) in [7, 11) is 1.49. The Hall–Kier alpha value is -1.95. The number of carbonyl (C=O) groups excluding carboxylic acids is 1. The SMILES string of the molecule is C=CCN(CCOC)C(=O)c1cc(N)c(F)cc1F. The van der Waals surface area contributed by atoms with Crippen molar-refractivity contribution in [2.24, 2.45) is 0 Å². The molecule has 104 valence electrons. The molecule has 1 rings (SSSR count). The highest BCUT2D eigenvalue weighted by atomic mass is 19.1. The molecule has 0 unspecified atom stereocenters. The number of ether oxygens (including phenoxy) is 1. The summed E-state index contributed by atoms with van der Waals surface area (Å²) in [5.74, 6) is -2.41. The number of hydrogen-bond acceptors (Lipinski definition) is 3. The lowest BCUT2D eigenvalue weighted by Gasteiger charge is -2.21. The van der Waals surface area contributed by atoms with Crippen LogP contribution in [0.15, 0.2) is 24.8 Å². The summed E-state index contributed by atoms with van der Waals surface area (Å²) in [6, 6.07) is 1.60. The molecule has 0 spiro atoms. The lowest BCUT2D eigenvalue weighted by molar-refractivity contribution is 0.0713. The first kappa shape index (κ1) is 15.1. The van der Waals surface area contributed by atoms with Crippen molar-refractivity contribution in [2.45, 2.75) is 0 Å². The van der Waals surface area contributed by atoms with Gasteiger partial charge < -0.3 is 15.4 Å². The van der Waals surface area contributed by atoms with Gasteiger partial charge in [0.1, 0.15) is 11.6 Å². The van der Waals surface area contributed by atoms with Gasteiger partial charge in [-0.3, -0.25) is 4.79 Å². The standard InChI is InChI=1S/C13H16F2N2O2/c1-3-4-17(5-6-19-2)13(18)9-7-12(16)11(15)8-10(9)14/h3,7-8H,1,4-6,16H2,2H3. The lowest BCUT2D eigenvalue weighted by atomic mass is 10.1. The van der Waals surface area contributed by atoms with Gasteiger partial charge in [-0.15, -0.1) is 6.58 Å². The fourth-order valence-corrected chi connectivity index (χ4v) is 1.53. The van der Waals surface area contributed by atoms with E-state index in [0.717, 1.165) is 6.07 Å². The first-order chi connectivity index (χ1) is 9.01. The van der Waals surface area contributed by atoms with Crippen molar-refractivity contribution in [1.29, 1.82) is 0 Å². The van der Waals surface area contributed by atoms with Crippen LogP contribution in [0.4, 0.5) is 14.5 Å². The number of nitrogens with zero attached hydrogens (tertiary/aromatic N) is 1. The van der Waals surface area contributed by atoms with E-state index in [1.54, 1.807) is 0 Å². The molecule has 0 atom stereocenters. The Balaban J connectivity index is 3.01. The maximum Gasteiger partial charge on any atom is 0.257 e. The normalized spacial score (nSPS) is 10.3. The molecule has 0 aliphatic carbocycles. The fraction of sp³-hybridized carbons (Fsp3) is 0.308. The van der Waals surface area contributed by atoms with E-state index in [4.69, 9.17) is 10.5 Å². The largest absolute Gasteiger partial charge is 0.396 e. The molecule has 0 aromatic heterocycles. The monoisotopic (exact) mass is 270 g/mol. The van der Waals surface area contributed by atoms with E-state index >= 15 is 0 Å². The van der Waals surface area contributed by atoms with E-state index in [1.807, 2.05) is 0 Å². The van der Waals surface area contributed by atoms with Crippen molar-refractivity contribution in [2.75, 3.05) is 32.5 Å². The summed E-state index contributed by atoms with van der Waals surface area (Å²) in [6.45, 7) is 4.34. The van der Waals surface area contributed by atoms with Gasteiger partial charge in [-0.1, -0.05) is 6.08 Å². The first-order valence-electron chi connectivity index (χ1n) is 5.64. The average molecular weight is 270 g/mol. The second-order valence-corrected chi connectivity index (χ2v) is 3.89. The van der Waals surface area contributed by atoms with Crippen LogP contribution in [-0.2, 0) is 4.74 Å². The van der Waals surface area contributed by atoms with Crippen molar-refractivity contribution in [3.8, 4) is 0 Å². The minimum atomic E-state index is -0.942. The molecule has 1 aromatic carbocycles. The smallest absolute Gasteiger partial charge is 0.257 e. The maximum atomic E-state index is 13.6. The van der Waals surface area contributed by atoms with Crippen LogP contribution in [0.2, 0.25) is 0 Å². The fourth-order valence-electron chi connectivity index (χ4n) is 1.53. The minimum absolute atomic E-state index is 0.235. The van der Waals surface area contributed by atoms with E-state index in [9.17, 15) is 13.6 Å². The van der Waals surface area contributed by atoms with Gasteiger partial charge >= 0.3 is 0 Å². The Morgan fingerprint density at radius 2 is 2.16 bits per heavy atom. The number of rotatable bonds is 6. The summed E-state index contributed by atoms with van der Waals surface area (Å²) in [6.07, 6.45) is 1.51. The Labute approximate surface area is 110 Å². The molecule has 19 heavy (non-hydrogen) atoms. The Kier molecular flexibility index (Phi) is 5.44. The predicted octanol–water partition coefficient (Wildman–Crippen LogP) is 1.82. The van der Waals surface area contributed by atoms with Crippen molar-refractivity contribution in [3.63, 3.8) is 0 Å². The molecule has 0 heterocycles. The number of benzene rings is 1. The van der Waals surface area contributed by atoms with Crippen molar-refractivity contribution in [3.05, 3.63) is 42.0 Å². The molecule has 0 fully saturated rings. The van der Waals surface area contributed by atoms with Crippen LogP contribution in [0.25, 0.3) is 0 Å². The van der Waals surface area contributed by atoms with Crippen LogP contribution in [0.1, 0.15) is 10.4 Å². The Morgan fingerprint density at radius 1 is 1.47 bits per heavy atom. The number of nitrogens with two attached hydrogens (primary N) is 1. The van der Waals surface area contributed by atoms with Gasteiger partial charge in [-0.2, -0.15) is 0 Å². The number of carbonyl (C=O) groups is 1. The van der Waals surface area contributed by atoms with E-state index < -0.39 is 17.5 Å². The number of methoxy groups -OCH3 is 1. The third-order valence-corrected chi connectivity index (χ3v) is 2.52. The third-order valence-electron chi connectivity index (χ3n) is 2.52. The highest BCUT2D eigenvalue weighted by Gasteiger charge is 2.20. The molecule has 1 aromatic rings. The first-order valence-corrected chi connectivity index (χ1v) is 5.64. The number of hydrogen-bond donors (Lipinski definition) is 1. The third kappa shape index (κ3) is 3.75. The molecule has 1 amide bonds. The van der Waals surface area contributed by atoms with E-state index in [0.29, 0.717) is 12.7 Å². The molecule has 0 aliphatic heterocycles. The molecule has 0 saturated carbocycles. The van der Waals surface area contributed by atoms with Crippen LogP contribution in [0.3, 0.4) is 0 Å². The summed E-state index contributed by atoms with van der Waals surface area (Å²) < 4.78 is 31.5. The number of nitrogen functional groups attached to an aromatic ring is 1. The number of amides is 1. The Bertz CT molecular complexity index is 478. The van der Waals surface area contributed by atoms with Crippen molar-refractivity contribution < 1.29 is 18.3 Å². The second-order valence-electron chi connectivity index (χ2n) is 3.89.